The van der Waals surface area contributed by atoms with Crippen LogP contribution in [0, 0.1) is 0 Å². The van der Waals surface area contributed by atoms with Gasteiger partial charge in [0.05, 0.1) is 12.5 Å². The molecule has 1 unspecified atom stereocenters. The summed E-state index contributed by atoms with van der Waals surface area (Å²) in [7, 11) is 0. The van der Waals surface area contributed by atoms with Crippen LogP contribution in [0.1, 0.15) is 32.3 Å². The van der Waals surface area contributed by atoms with Crippen LogP contribution in [0.15, 0.2) is 24.3 Å². The van der Waals surface area contributed by atoms with E-state index in [4.69, 9.17) is 0 Å². The molecule has 5 nitrogen and oxygen atoms in total. The highest BCUT2D eigenvalue weighted by molar-refractivity contribution is 5.95. The summed E-state index contributed by atoms with van der Waals surface area (Å²) in [4.78, 5) is 25.9. The number of carbonyl (C=O) groups excluding carboxylic acids is 2. The van der Waals surface area contributed by atoms with E-state index in [1.807, 2.05) is 43.0 Å². The number of likely N-dealkylation sites (N-methyl/N-ethyl adjacent to an activating group) is 1. The molecule has 1 heterocycles. The molecular weight excluding hydrogens is 278 g/mol. The minimum atomic E-state index is -0.0797. The lowest BCUT2D eigenvalue weighted by atomic mass is 10.1. The lowest BCUT2D eigenvalue weighted by molar-refractivity contribution is -0.130. The molecule has 1 aliphatic heterocycles. The summed E-state index contributed by atoms with van der Waals surface area (Å²) in [6.45, 7) is 6.34. The Bertz CT molecular complexity index is 468. The first-order chi connectivity index (χ1) is 10.6. The van der Waals surface area contributed by atoms with Crippen molar-refractivity contribution >= 4 is 17.5 Å². The molecule has 1 saturated heterocycles. The van der Waals surface area contributed by atoms with Crippen molar-refractivity contribution in [1.29, 1.82) is 0 Å². The molecule has 0 aliphatic carbocycles. The van der Waals surface area contributed by atoms with Crippen LogP contribution in [0.2, 0.25) is 0 Å². The number of carbonyl (C=O) groups is 2. The Morgan fingerprint density at radius 3 is 2.45 bits per heavy atom. The van der Waals surface area contributed by atoms with Gasteiger partial charge in [-0.05, 0) is 50.9 Å². The Morgan fingerprint density at radius 1 is 1.23 bits per heavy atom. The van der Waals surface area contributed by atoms with Crippen molar-refractivity contribution < 1.29 is 9.59 Å². The molecule has 0 aromatic heterocycles. The summed E-state index contributed by atoms with van der Waals surface area (Å²) in [5.41, 5.74) is 1.74. The molecular formula is C17H25N3O2. The monoisotopic (exact) mass is 303 g/mol. The molecule has 0 radical (unpaired) electrons. The third-order valence-electron chi connectivity index (χ3n) is 4.07. The van der Waals surface area contributed by atoms with Crippen molar-refractivity contribution in [3.63, 3.8) is 0 Å². The van der Waals surface area contributed by atoms with Gasteiger partial charge in [0.25, 0.3) is 0 Å². The number of nitrogens with one attached hydrogen (secondary N) is 2. The van der Waals surface area contributed by atoms with E-state index < -0.39 is 0 Å². The van der Waals surface area contributed by atoms with E-state index in [-0.39, 0.29) is 17.9 Å². The predicted octanol–water partition coefficient (Wildman–Crippen LogP) is 1.79. The number of rotatable bonds is 6. The second-order valence-electron chi connectivity index (χ2n) is 5.58. The van der Waals surface area contributed by atoms with Crippen LogP contribution < -0.4 is 10.6 Å². The Balaban J connectivity index is 1.89. The summed E-state index contributed by atoms with van der Waals surface area (Å²) in [5, 5.41) is 6.09. The molecule has 1 aromatic rings. The molecule has 2 N–H and O–H groups in total. The van der Waals surface area contributed by atoms with Crippen LogP contribution in [-0.2, 0) is 16.0 Å². The second kappa shape index (κ2) is 7.94. The van der Waals surface area contributed by atoms with Crippen molar-refractivity contribution in [2.75, 3.05) is 25.0 Å². The topological polar surface area (TPSA) is 61.4 Å². The molecule has 1 fully saturated rings. The first kappa shape index (κ1) is 16.5. The second-order valence-corrected chi connectivity index (χ2v) is 5.58. The van der Waals surface area contributed by atoms with E-state index in [0.29, 0.717) is 6.42 Å². The van der Waals surface area contributed by atoms with Crippen molar-refractivity contribution in [2.45, 2.75) is 39.2 Å². The van der Waals surface area contributed by atoms with Crippen molar-refractivity contribution in [2.24, 2.45) is 0 Å². The van der Waals surface area contributed by atoms with E-state index in [9.17, 15) is 9.59 Å². The lowest BCUT2D eigenvalue weighted by Crippen LogP contribution is -2.35. The first-order valence-corrected chi connectivity index (χ1v) is 8.05. The van der Waals surface area contributed by atoms with Gasteiger partial charge in [0.2, 0.25) is 11.8 Å². The third-order valence-corrected chi connectivity index (χ3v) is 4.07. The van der Waals surface area contributed by atoms with Crippen molar-refractivity contribution in [1.82, 2.24) is 10.2 Å². The molecule has 22 heavy (non-hydrogen) atoms. The molecule has 1 aliphatic rings. The summed E-state index contributed by atoms with van der Waals surface area (Å²) in [6, 6.07) is 7.44. The SMILES string of the molecule is CCN(CC)C(=O)Cc1ccc(NC(=O)C2CCCN2)cc1. The summed E-state index contributed by atoms with van der Waals surface area (Å²) in [6.07, 6.45) is 2.34. The highest BCUT2D eigenvalue weighted by atomic mass is 16.2. The van der Waals surface area contributed by atoms with E-state index in [1.165, 1.54) is 0 Å². The Morgan fingerprint density at radius 2 is 1.91 bits per heavy atom. The number of hydrogen-bond donors (Lipinski definition) is 2. The molecule has 120 valence electrons. The van der Waals surface area contributed by atoms with Crippen molar-refractivity contribution in [3.8, 4) is 0 Å². The van der Waals surface area contributed by atoms with Gasteiger partial charge in [-0.15, -0.1) is 0 Å². The molecule has 0 bridgehead atoms. The molecule has 1 aromatic carbocycles. The fraction of sp³-hybridized carbons (Fsp3) is 0.529. The quantitative estimate of drug-likeness (QED) is 0.842. The van der Waals surface area contributed by atoms with E-state index in [0.717, 1.165) is 43.7 Å². The Kier molecular flexibility index (Phi) is 5.95. The third kappa shape index (κ3) is 4.31. The predicted molar refractivity (Wildman–Crippen MR) is 87.7 cm³/mol. The maximum Gasteiger partial charge on any atom is 0.241 e. The maximum absolute atomic E-state index is 12.1. The number of anilines is 1. The minimum Gasteiger partial charge on any atom is -0.343 e. The fourth-order valence-corrected chi connectivity index (χ4v) is 2.71. The summed E-state index contributed by atoms with van der Waals surface area (Å²) < 4.78 is 0. The van der Waals surface area contributed by atoms with E-state index >= 15 is 0 Å². The van der Waals surface area contributed by atoms with Gasteiger partial charge < -0.3 is 15.5 Å². The molecule has 1 atom stereocenters. The lowest BCUT2D eigenvalue weighted by Gasteiger charge is -2.18. The number of nitrogens with zero attached hydrogens (tertiary/aromatic N) is 1. The van der Waals surface area contributed by atoms with Gasteiger partial charge in [-0.1, -0.05) is 12.1 Å². The van der Waals surface area contributed by atoms with Gasteiger partial charge in [0.15, 0.2) is 0 Å². The van der Waals surface area contributed by atoms with Gasteiger partial charge in [0, 0.05) is 18.8 Å². The van der Waals surface area contributed by atoms with Crippen LogP contribution in [0.5, 0.6) is 0 Å². The van der Waals surface area contributed by atoms with Crippen molar-refractivity contribution in [3.05, 3.63) is 29.8 Å². The van der Waals surface area contributed by atoms with Gasteiger partial charge >= 0.3 is 0 Å². The number of amides is 2. The Hall–Kier alpha value is -1.88. The summed E-state index contributed by atoms with van der Waals surface area (Å²) in [5.74, 6) is 0.154. The van der Waals surface area contributed by atoms with E-state index in [2.05, 4.69) is 10.6 Å². The molecule has 0 spiro atoms. The molecule has 2 amide bonds. The van der Waals surface area contributed by atoms with Gasteiger partial charge in [0.1, 0.15) is 0 Å². The number of hydrogen-bond acceptors (Lipinski definition) is 3. The molecule has 2 rings (SSSR count). The smallest absolute Gasteiger partial charge is 0.241 e. The highest BCUT2D eigenvalue weighted by Crippen LogP contribution is 2.13. The zero-order chi connectivity index (χ0) is 15.9. The largest absolute Gasteiger partial charge is 0.343 e. The van der Waals surface area contributed by atoms with Gasteiger partial charge in [-0.25, -0.2) is 0 Å². The molecule has 5 heteroatoms. The standard InChI is InChI=1S/C17H25N3O2/c1-3-20(4-2)16(21)12-13-7-9-14(10-8-13)19-17(22)15-6-5-11-18-15/h7-10,15,18H,3-6,11-12H2,1-2H3,(H,19,22). The fourth-order valence-electron chi connectivity index (χ4n) is 2.71. The average molecular weight is 303 g/mol. The summed E-state index contributed by atoms with van der Waals surface area (Å²) >= 11 is 0. The van der Waals surface area contributed by atoms with Crippen LogP contribution in [-0.4, -0.2) is 42.4 Å². The number of benzene rings is 1. The van der Waals surface area contributed by atoms with Gasteiger partial charge in [-0.3, -0.25) is 9.59 Å². The van der Waals surface area contributed by atoms with E-state index in [1.54, 1.807) is 0 Å². The molecule has 0 saturated carbocycles. The minimum absolute atomic E-state index is 0.0180. The normalized spacial score (nSPS) is 17.3. The maximum atomic E-state index is 12.1. The first-order valence-electron chi connectivity index (χ1n) is 8.05. The van der Waals surface area contributed by atoms with Crippen LogP contribution in [0.3, 0.4) is 0 Å². The van der Waals surface area contributed by atoms with Crippen LogP contribution in [0.25, 0.3) is 0 Å². The average Bonchev–Trinajstić information content (AvgIpc) is 3.05. The highest BCUT2D eigenvalue weighted by Gasteiger charge is 2.21. The van der Waals surface area contributed by atoms with Crippen LogP contribution >= 0.6 is 0 Å². The Labute approximate surface area is 132 Å². The zero-order valence-electron chi connectivity index (χ0n) is 13.4. The van der Waals surface area contributed by atoms with Crippen LogP contribution in [0.4, 0.5) is 5.69 Å². The zero-order valence-corrected chi connectivity index (χ0v) is 13.4. The van der Waals surface area contributed by atoms with Gasteiger partial charge in [-0.2, -0.15) is 0 Å².